The summed E-state index contributed by atoms with van der Waals surface area (Å²) in [7, 11) is 0. The van der Waals surface area contributed by atoms with Gasteiger partial charge >= 0.3 is 0 Å². The Morgan fingerprint density at radius 3 is 2.17 bits per heavy atom. The zero-order chi connectivity index (χ0) is 16.1. The van der Waals surface area contributed by atoms with Crippen molar-refractivity contribution in [3.8, 4) is 0 Å². The van der Waals surface area contributed by atoms with Gasteiger partial charge in [0.1, 0.15) is 0 Å². The maximum atomic E-state index is 10.9. The van der Waals surface area contributed by atoms with E-state index in [0.29, 0.717) is 6.04 Å². The van der Waals surface area contributed by atoms with Crippen LogP contribution < -0.4 is 5.32 Å². The van der Waals surface area contributed by atoms with E-state index in [1.54, 1.807) is 0 Å². The second kappa shape index (κ2) is 7.16. The predicted octanol–water partition coefficient (Wildman–Crippen LogP) is 3.47. The minimum Gasteiger partial charge on any atom is -0.385 e. The van der Waals surface area contributed by atoms with Gasteiger partial charge in [-0.2, -0.15) is 0 Å². The summed E-state index contributed by atoms with van der Waals surface area (Å²) in [6.45, 7) is 5.09. The van der Waals surface area contributed by atoms with Gasteiger partial charge in [-0.25, -0.2) is 0 Å². The first-order valence-electron chi connectivity index (χ1n) is 8.48. The van der Waals surface area contributed by atoms with Crippen molar-refractivity contribution in [3.63, 3.8) is 0 Å². The number of nitrogens with one attached hydrogen (secondary N) is 1. The van der Waals surface area contributed by atoms with E-state index in [1.165, 1.54) is 0 Å². The van der Waals surface area contributed by atoms with E-state index in [4.69, 9.17) is 0 Å². The van der Waals surface area contributed by atoms with Gasteiger partial charge in [0.2, 0.25) is 0 Å². The van der Waals surface area contributed by atoms with E-state index < -0.39 is 5.60 Å². The molecule has 1 heterocycles. The first-order chi connectivity index (χ1) is 11.2. The first-order valence-corrected chi connectivity index (χ1v) is 8.48. The molecule has 3 rings (SSSR count). The van der Waals surface area contributed by atoms with Gasteiger partial charge in [0, 0.05) is 31.4 Å². The highest BCUT2D eigenvalue weighted by atomic mass is 16.3. The van der Waals surface area contributed by atoms with Crippen LogP contribution in [0.15, 0.2) is 60.7 Å². The molecule has 0 spiro atoms. The van der Waals surface area contributed by atoms with Gasteiger partial charge in [0.25, 0.3) is 0 Å². The number of para-hydroxylation sites is 1. The smallest absolute Gasteiger partial charge is 0.0920 e. The summed E-state index contributed by atoms with van der Waals surface area (Å²) in [5.41, 5.74) is 1.56. The van der Waals surface area contributed by atoms with Crippen molar-refractivity contribution < 1.29 is 5.11 Å². The standard InChI is InChI=1S/C20H26N2O/c1-17(21-19-10-6-3-7-11-19)16-22-14-12-20(23,13-15-22)18-8-4-2-5-9-18/h2-11,17,21,23H,12-16H2,1H3/t17-/m1/s1. The zero-order valence-corrected chi connectivity index (χ0v) is 13.8. The average Bonchev–Trinajstić information content (AvgIpc) is 2.59. The highest BCUT2D eigenvalue weighted by molar-refractivity contribution is 5.43. The van der Waals surface area contributed by atoms with Gasteiger partial charge < -0.3 is 15.3 Å². The lowest BCUT2D eigenvalue weighted by Gasteiger charge is -2.39. The summed E-state index contributed by atoms with van der Waals surface area (Å²) in [6, 6.07) is 20.8. The van der Waals surface area contributed by atoms with Gasteiger partial charge in [-0.05, 0) is 37.5 Å². The molecule has 0 aromatic heterocycles. The number of hydrogen-bond acceptors (Lipinski definition) is 3. The molecule has 0 bridgehead atoms. The van der Waals surface area contributed by atoms with Crippen molar-refractivity contribution in [1.29, 1.82) is 0 Å². The van der Waals surface area contributed by atoms with E-state index in [9.17, 15) is 5.11 Å². The third-order valence-corrected chi connectivity index (χ3v) is 4.71. The van der Waals surface area contributed by atoms with Crippen molar-refractivity contribution in [2.75, 3.05) is 25.0 Å². The summed E-state index contributed by atoms with van der Waals surface area (Å²) in [5.74, 6) is 0. The summed E-state index contributed by atoms with van der Waals surface area (Å²) >= 11 is 0. The molecule has 0 aliphatic carbocycles. The molecule has 0 unspecified atom stereocenters. The number of anilines is 1. The van der Waals surface area contributed by atoms with Crippen LogP contribution in [0.2, 0.25) is 0 Å². The number of hydrogen-bond donors (Lipinski definition) is 2. The lowest BCUT2D eigenvalue weighted by Crippen LogP contribution is -2.45. The lowest BCUT2D eigenvalue weighted by atomic mass is 9.84. The highest BCUT2D eigenvalue weighted by Gasteiger charge is 2.33. The molecule has 0 amide bonds. The largest absolute Gasteiger partial charge is 0.385 e. The van der Waals surface area contributed by atoms with Crippen molar-refractivity contribution in [3.05, 3.63) is 66.2 Å². The second-order valence-electron chi connectivity index (χ2n) is 6.61. The number of likely N-dealkylation sites (tertiary alicyclic amines) is 1. The molecule has 1 saturated heterocycles. The molecule has 0 radical (unpaired) electrons. The van der Waals surface area contributed by atoms with Gasteiger partial charge in [0.15, 0.2) is 0 Å². The fraction of sp³-hybridized carbons (Fsp3) is 0.400. The van der Waals surface area contributed by atoms with Crippen molar-refractivity contribution in [2.45, 2.75) is 31.4 Å². The number of benzene rings is 2. The van der Waals surface area contributed by atoms with Crippen LogP contribution in [0.1, 0.15) is 25.3 Å². The maximum Gasteiger partial charge on any atom is 0.0920 e. The molecule has 3 heteroatoms. The minimum absolute atomic E-state index is 0.389. The van der Waals surface area contributed by atoms with Gasteiger partial charge in [-0.3, -0.25) is 0 Å². The summed E-state index contributed by atoms with van der Waals surface area (Å²) in [6.07, 6.45) is 1.60. The fourth-order valence-corrected chi connectivity index (χ4v) is 3.39. The second-order valence-corrected chi connectivity index (χ2v) is 6.61. The average molecular weight is 310 g/mol. The number of aliphatic hydroxyl groups is 1. The normalized spacial score (nSPS) is 19.2. The first kappa shape index (κ1) is 16.0. The Labute approximate surface area is 139 Å². The fourth-order valence-electron chi connectivity index (χ4n) is 3.39. The Morgan fingerprint density at radius 2 is 1.57 bits per heavy atom. The van der Waals surface area contributed by atoms with Gasteiger partial charge in [0.05, 0.1) is 5.60 Å². The molecule has 2 aromatic carbocycles. The van der Waals surface area contributed by atoms with Crippen LogP contribution in [0.5, 0.6) is 0 Å². The molecule has 1 fully saturated rings. The van der Waals surface area contributed by atoms with E-state index in [1.807, 2.05) is 36.4 Å². The molecule has 3 nitrogen and oxygen atoms in total. The SMILES string of the molecule is C[C@H](CN1CCC(O)(c2ccccc2)CC1)Nc1ccccc1. The van der Waals surface area contributed by atoms with E-state index in [0.717, 1.165) is 43.7 Å². The number of nitrogens with zero attached hydrogens (tertiary/aromatic N) is 1. The third kappa shape index (κ3) is 4.12. The molecule has 1 aliphatic heterocycles. The Hall–Kier alpha value is -1.84. The topological polar surface area (TPSA) is 35.5 Å². The van der Waals surface area contributed by atoms with Crippen LogP contribution >= 0.6 is 0 Å². The van der Waals surface area contributed by atoms with E-state index in [2.05, 4.69) is 41.4 Å². The molecule has 122 valence electrons. The van der Waals surface area contributed by atoms with Gasteiger partial charge in [-0.15, -0.1) is 0 Å². The molecule has 2 aromatic rings. The van der Waals surface area contributed by atoms with Crippen LogP contribution in [-0.2, 0) is 5.60 Å². The van der Waals surface area contributed by atoms with Crippen LogP contribution in [0.4, 0.5) is 5.69 Å². The predicted molar refractivity (Wildman–Crippen MR) is 95.5 cm³/mol. The van der Waals surface area contributed by atoms with E-state index in [-0.39, 0.29) is 0 Å². The van der Waals surface area contributed by atoms with Gasteiger partial charge in [-0.1, -0.05) is 48.5 Å². The van der Waals surface area contributed by atoms with Crippen molar-refractivity contribution in [2.24, 2.45) is 0 Å². The lowest BCUT2D eigenvalue weighted by molar-refractivity contribution is -0.0262. The van der Waals surface area contributed by atoms with E-state index >= 15 is 0 Å². The highest BCUT2D eigenvalue weighted by Crippen LogP contribution is 2.32. The Morgan fingerprint density at radius 1 is 1.00 bits per heavy atom. The number of piperidine rings is 1. The van der Waals surface area contributed by atoms with Crippen molar-refractivity contribution in [1.82, 2.24) is 4.90 Å². The maximum absolute atomic E-state index is 10.9. The Bertz CT molecular complexity index is 592. The monoisotopic (exact) mass is 310 g/mol. The molecule has 2 N–H and O–H groups in total. The Kier molecular flexibility index (Phi) is 4.99. The molecule has 1 aliphatic rings. The summed E-state index contributed by atoms with van der Waals surface area (Å²) in [4.78, 5) is 2.44. The van der Waals surface area contributed by atoms with Crippen LogP contribution in [-0.4, -0.2) is 35.7 Å². The van der Waals surface area contributed by atoms with Crippen LogP contribution in [0, 0.1) is 0 Å². The van der Waals surface area contributed by atoms with Crippen molar-refractivity contribution >= 4 is 5.69 Å². The van der Waals surface area contributed by atoms with Crippen LogP contribution in [0.3, 0.4) is 0 Å². The Balaban J connectivity index is 1.51. The summed E-state index contributed by atoms with van der Waals surface area (Å²) in [5, 5.41) is 14.4. The molecule has 23 heavy (non-hydrogen) atoms. The molecule has 1 atom stereocenters. The molecular weight excluding hydrogens is 284 g/mol. The van der Waals surface area contributed by atoms with Crippen LogP contribution in [0.25, 0.3) is 0 Å². The third-order valence-electron chi connectivity index (χ3n) is 4.71. The quantitative estimate of drug-likeness (QED) is 0.887. The zero-order valence-electron chi connectivity index (χ0n) is 13.8. The minimum atomic E-state index is -0.659. The summed E-state index contributed by atoms with van der Waals surface area (Å²) < 4.78 is 0. The molecule has 0 saturated carbocycles. The molecular formula is C20H26N2O. The number of rotatable bonds is 5.